The van der Waals surface area contributed by atoms with E-state index in [9.17, 15) is 4.39 Å². The van der Waals surface area contributed by atoms with Gasteiger partial charge in [-0.1, -0.05) is 42.5 Å². The molecule has 1 radical (unpaired) electrons. The number of hydrogen-bond donors (Lipinski definition) is 0. The number of benzene rings is 3. The van der Waals surface area contributed by atoms with Crippen molar-refractivity contribution < 1.29 is 4.39 Å². The quantitative estimate of drug-likeness (QED) is 0.477. The smallest absolute Gasteiger partial charge is 0.138 e. The molecule has 0 unspecified atom stereocenters. The average molecular weight is 195 g/mol. The van der Waals surface area contributed by atoms with E-state index < -0.39 is 0 Å². The van der Waals surface area contributed by atoms with E-state index in [0.29, 0.717) is 10.8 Å². The molecule has 0 N–H and O–H groups in total. The van der Waals surface area contributed by atoms with Gasteiger partial charge in [0.05, 0.1) is 0 Å². The molecule has 0 fully saturated rings. The van der Waals surface area contributed by atoms with Crippen molar-refractivity contribution in [2.45, 2.75) is 0 Å². The fraction of sp³-hybridized carbons (Fsp3) is 0. The van der Waals surface area contributed by atoms with Crippen LogP contribution in [0, 0.1) is 11.9 Å². The summed E-state index contributed by atoms with van der Waals surface area (Å²) in [4.78, 5) is 0. The number of halogens is 1. The van der Waals surface area contributed by atoms with Crippen LogP contribution in [0.25, 0.3) is 21.5 Å². The van der Waals surface area contributed by atoms with Crippen LogP contribution in [0.15, 0.2) is 48.5 Å². The van der Waals surface area contributed by atoms with Gasteiger partial charge in [0.2, 0.25) is 0 Å². The van der Waals surface area contributed by atoms with E-state index in [1.807, 2.05) is 24.3 Å². The first-order valence-electron chi connectivity index (χ1n) is 4.84. The largest absolute Gasteiger partial charge is 0.206 e. The Labute approximate surface area is 87.0 Å². The molecule has 3 aromatic rings. The van der Waals surface area contributed by atoms with Gasteiger partial charge in [-0.15, -0.1) is 0 Å². The molecule has 3 rings (SSSR count). The molecule has 0 saturated heterocycles. The first-order valence-corrected chi connectivity index (χ1v) is 4.84. The molecular weight excluding hydrogens is 187 g/mol. The van der Waals surface area contributed by atoms with Crippen LogP contribution in [0.3, 0.4) is 0 Å². The lowest BCUT2D eigenvalue weighted by molar-refractivity contribution is 0.651. The van der Waals surface area contributed by atoms with Gasteiger partial charge in [0.1, 0.15) is 5.82 Å². The minimum Gasteiger partial charge on any atom is -0.206 e. The van der Waals surface area contributed by atoms with E-state index in [1.165, 1.54) is 0 Å². The van der Waals surface area contributed by atoms with Gasteiger partial charge >= 0.3 is 0 Å². The van der Waals surface area contributed by atoms with Crippen LogP contribution in [-0.2, 0) is 0 Å². The third kappa shape index (κ3) is 1.20. The molecule has 0 amide bonds. The van der Waals surface area contributed by atoms with Crippen molar-refractivity contribution in [3.63, 3.8) is 0 Å². The summed E-state index contributed by atoms with van der Waals surface area (Å²) in [5, 5.41) is 3.06. The minimum absolute atomic E-state index is 0.153. The normalized spacial score (nSPS) is 11.0. The molecule has 0 aliphatic heterocycles. The summed E-state index contributed by atoms with van der Waals surface area (Å²) in [5.41, 5.74) is 0. The molecule has 0 spiro atoms. The maximum absolute atomic E-state index is 14.0. The molecule has 0 atom stereocenters. The molecule has 71 valence electrons. The van der Waals surface area contributed by atoms with Gasteiger partial charge in [0, 0.05) is 10.8 Å². The van der Waals surface area contributed by atoms with Crippen LogP contribution in [0.2, 0.25) is 0 Å². The van der Waals surface area contributed by atoms with Gasteiger partial charge in [0.25, 0.3) is 0 Å². The molecule has 0 bridgehead atoms. The molecule has 1 heteroatoms. The van der Waals surface area contributed by atoms with Gasteiger partial charge in [-0.25, -0.2) is 4.39 Å². The van der Waals surface area contributed by atoms with Crippen LogP contribution in [0.4, 0.5) is 4.39 Å². The Morgan fingerprint density at radius 1 is 0.933 bits per heavy atom. The van der Waals surface area contributed by atoms with E-state index in [1.54, 1.807) is 24.3 Å². The highest BCUT2D eigenvalue weighted by atomic mass is 19.1. The summed E-state index contributed by atoms with van der Waals surface area (Å²) in [6, 6.07) is 17.9. The SMILES string of the molecule is Fc1c2ccc[c]c2cc2ccccc12. The van der Waals surface area contributed by atoms with Crippen molar-refractivity contribution in [2.75, 3.05) is 0 Å². The third-order valence-corrected chi connectivity index (χ3v) is 2.62. The molecule has 0 heterocycles. The van der Waals surface area contributed by atoms with E-state index >= 15 is 0 Å². The fourth-order valence-electron chi connectivity index (χ4n) is 1.88. The molecule has 0 aliphatic carbocycles. The zero-order chi connectivity index (χ0) is 10.3. The van der Waals surface area contributed by atoms with Crippen LogP contribution in [0.1, 0.15) is 0 Å². The number of fused-ring (bicyclic) bond motifs is 2. The summed E-state index contributed by atoms with van der Waals surface area (Å²) in [6.45, 7) is 0. The summed E-state index contributed by atoms with van der Waals surface area (Å²) >= 11 is 0. The first kappa shape index (κ1) is 8.42. The van der Waals surface area contributed by atoms with Gasteiger partial charge in [0.15, 0.2) is 0 Å². The molecular formula is C14H8F. The average Bonchev–Trinajstić information content (AvgIpc) is 2.30. The van der Waals surface area contributed by atoms with Crippen molar-refractivity contribution in [3.05, 3.63) is 60.4 Å². The standard InChI is InChI=1S/C14H8F/c15-14-12-7-3-1-5-10(12)9-11-6-2-4-8-13(11)14/h1-5,7-9H. The Morgan fingerprint density at radius 3 is 2.67 bits per heavy atom. The molecule has 0 saturated carbocycles. The van der Waals surface area contributed by atoms with Gasteiger partial charge < -0.3 is 0 Å². The van der Waals surface area contributed by atoms with Gasteiger partial charge in [-0.05, 0) is 22.9 Å². The van der Waals surface area contributed by atoms with E-state index in [-0.39, 0.29) is 5.82 Å². The fourth-order valence-corrected chi connectivity index (χ4v) is 1.88. The molecule has 0 aromatic heterocycles. The second-order valence-corrected chi connectivity index (χ2v) is 3.54. The van der Waals surface area contributed by atoms with Crippen molar-refractivity contribution >= 4 is 21.5 Å². The lowest BCUT2D eigenvalue weighted by Gasteiger charge is -2.03. The molecule has 3 aromatic carbocycles. The van der Waals surface area contributed by atoms with Crippen molar-refractivity contribution in [3.8, 4) is 0 Å². The van der Waals surface area contributed by atoms with Crippen molar-refractivity contribution in [2.24, 2.45) is 0 Å². The second kappa shape index (κ2) is 3.06. The number of rotatable bonds is 0. The third-order valence-electron chi connectivity index (χ3n) is 2.62. The number of hydrogen-bond acceptors (Lipinski definition) is 0. The predicted molar refractivity (Wildman–Crippen MR) is 60.2 cm³/mol. The van der Waals surface area contributed by atoms with Crippen LogP contribution in [-0.4, -0.2) is 0 Å². The lowest BCUT2D eigenvalue weighted by Crippen LogP contribution is -1.83. The van der Waals surface area contributed by atoms with Crippen molar-refractivity contribution in [1.29, 1.82) is 0 Å². The summed E-state index contributed by atoms with van der Waals surface area (Å²) in [6.07, 6.45) is 0. The zero-order valence-electron chi connectivity index (χ0n) is 8.00. The summed E-state index contributed by atoms with van der Waals surface area (Å²) in [7, 11) is 0. The summed E-state index contributed by atoms with van der Waals surface area (Å²) < 4.78 is 14.0. The second-order valence-electron chi connectivity index (χ2n) is 3.54. The Bertz CT molecular complexity index is 587. The van der Waals surface area contributed by atoms with E-state index in [4.69, 9.17) is 0 Å². The van der Waals surface area contributed by atoms with Gasteiger partial charge in [-0.3, -0.25) is 0 Å². The van der Waals surface area contributed by atoms with Crippen LogP contribution in [0.5, 0.6) is 0 Å². The summed E-state index contributed by atoms with van der Waals surface area (Å²) in [5.74, 6) is -0.153. The van der Waals surface area contributed by atoms with Crippen LogP contribution < -0.4 is 0 Å². The Kier molecular flexibility index (Phi) is 1.72. The van der Waals surface area contributed by atoms with Gasteiger partial charge in [-0.2, -0.15) is 0 Å². The highest BCUT2D eigenvalue weighted by molar-refractivity contribution is 5.98. The zero-order valence-corrected chi connectivity index (χ0v) is 8.00. The molecule has 15 heavy (non-hydrogen) atoms. The van der Waals surface area contributed by atoms with Crippen molar-refractivity contribution in [1.82, 2.24) is 0 Å². The van der Waals surface area contributed by atoms with E-state index in [2.05, 4.69) is 6.07 Å². The van der Waals surface area contributed by atoms with E-state index in [0.717, 1.165) is 10.8 Å². The Balaban J connectivity index is 2.60. The molecule has 0 aliphatic rings. The maximum Gasteiger partial charge on any atom is 0.138 e. The molecule has 0 nitrogen and oxygen atoms in total. The monoisotopic (exact) mass is 195 g/mol. The topological polar surface area (TPSA) is 0 Å². The Hall–Kier alpha value is -1.89. The highest BCUT2D eigenvalue weighted by Crippen LogP contribution is 2.26. The first-order chi connectivity index (χ1) is 7.36. The maximum atomic E-state index is 14.0. The van der Waals surface area contributed by atoms with Crippen LogP contribution >= 0.6 is 0 Å². The predicted octanol–water partition coefficient (Wildman–Crippen LogP) is 3.93. The lowest BCUT2D eigenvalue weighted by atomic mass is 10.0. The Morgan fingerprint density at radius 2 is 1.73 bits per heavy atom. The highest BCUT2D eigenvalue weighted by Gasteiger charge is 2.05. The minimum atomic E-state index is -0.153.